The van der Waals surface area contributed by atoms with E-state index in [0.717, 1.165) is 6.41 Å². The van der Waals surface area contributed by atoms with Gasteiger partial charge in [0.25, 0.3) is 0 Å². The lowest BCUT2D eigenvalue weighted by molar-refractivity contribution is -0.115. The predicted octanol–water partition coefficient (Wildman–Crippen LogP) is -0.672. The molecule has 0 aliphatic heterocycles. The molecule has 0 saturated heterocycles. The van der Waals surface area contributed by atoms with Crippen LogP contribution in [0, 0.1) is 0 Å². The number of carboxylic acid groups (broad SMARTS) is 1. The van der Waals surface area contributed by atoms with Crippen LogP contribution in [0.5, 0.6) is 0 Å². The van der Waals surface area contributed by atoms with Gasteiger partial charge in [-0.05, 0) is 0 Å². The molecule has 0 bridgehead atoms. The molecule has 2 amide bonds. The van der Waals surface area contributed by atoms with Gasteiger partial charge in [0.2, 0.25) is 6.41 Å². The number of amides is 2. The van der Waals surface area contributed by atoms with Crippen molar-refractivity contribution in [1.82, 2.24) is 4.90 Å². The third kappa shape index (κ3) is 277. The highest BCUT2D eigenvalue weighted by molar-refractivity contribution is 5.61. The van der Waals surface area contributed by atoms with E-state index in [4.69, 9.17) is 9.90 Å². The molecule has 5 nitrogen and oxygen atoms in total. The lowest BCUT2D eigenvalue weighted by Crippen LogP contribution is -2.06. The van der Waals surface area contributed by atoms with Crippen molar-refractivity contribution in [1.29, 1.82) is 0 Å². The van der Waals surface area contributed by atoms with Crippen molar-refractivity contribution in [2.45, 2.75) is 0 Å². The Morgan fingerprint density at radius 3 is 1.78 bits per heavy atom. The fourth-order valence-electron chi connectivity index (χ4n) is 0. The third-order valence-electron chi connectivity index (χ3n) is 0.211. The van der Waals surface area contributed by atoms with Crippen LogP contribution >= 0.6 is 0 Å². The van der Waals surface area contributed by atoms with Gasteiger partial charge in [-0.15, -0.1) is 0 Å². The van der Waals surface area contributed by atoms with Crippen LogP contribution in [0.4, 0.5) is 4.79 Å². The van der Waals surface area contributed by atoms with Gasteiger partial charge in [0, 0.05) is 14.1 Å². The van der Waals surface area contributed by atoms with Crippen LogP contribution in [0.1, 0.15) is 0 Å². The molecule has 0 saturated carbocycles. The van der Waals surface area contributed by atoms with Crippen molar-refractivity contribution in [2.24, 2.45) is 5.73 Å². The number of nitrogens with two attached hydrogens (primary N) is 1. The number of hydrogen-bond acceptors (Lipinski definition) is 2. The Bertz CT molecular complexity index is 87.8. The zero-order valence-electron chi connectivity index (χ0n) is 5.37. The molecule has 0 spiro atoms. The first kappa shape index (κ1) is 10.7. The van der Waals surface area contributed by atoms with E-state index in [1.165, 1.54) is 4.90 Å². The standard InChI is InChI=1S/C3H7NO.CH3NO2/c1-4(2)3-5;2-1(3)4/h3H,1-2H3;2H2,(H,3,4). The highest BCUT2D eigenvalue weighted by Gasteiger charge is 1.68. The van der Waals surface area contributed by atoms with Crippen molar-refractivity contribution in [3.8, 4) is 0 Å². The summed E-state index contributed by atoms with van der Waals surface area (Å²) in [6.07, 6.45) is -0.583. The van der Waals surface area contributed by atoms with Crippen LogP contribution < -0.4 is 5.73 Å². The summed E-state index contributed by atoms with van der Waals surface area (Å²) in [4.78, 5) is 19.7. The zero-order chi connectivity index (χ0) is 7.86. The maximum atomic E-state index is 9.43. The molecule has 0 rings (SSSR count). The lowest BCUT2D eigenvalue weighted by atomic mass is 11.0. The SMILES string of the molecule is CN(C)C=O.NC(=O)O. The molecule has 54 valence electrons. The van der Waals surface area contributed by atoms with Gasteiger partial charge in [0.1, 0.15) is 0 Å². The molecule has 0 aromatic rings. The molecule has 0 heterocycles. The van der Waals surface area contributed by atoms with E-state index in [1.807, 2.05) is 0 Å². The Morgan fingerprint density at radius 2 is 1.78 bits per heavy atom. The van der Waals surface area contributed by atoms with Gasteiger partial charge in [0.15, 0.2) is 0 Å². The molecule has 0 radical (unpaired) electrons. The van der Waals surface area contributed by atoms with Crippen LogP contribution in [0.2, 0.25) is 0 Å². The van der Waals surface area contributed by atoms with E-state index in [-0.39, 0.29) is 0 Å². The summed E-state index contributed by atoms with van der Waals surface area (Å²) >= 11 is 0. The highest BCUT2D eigenvalue weighted by Crippen LogP contribution is 1.52. The Morgan fingerprint density at radius 1 is 1.67 bits per heavy atom. The smallest absolute Gasteiger partial charge is 0.402 e. The second kappa shape index (κ2) is 6.74. The van der Waals surface area contributed by atoms with Gasteiger partial charge in [-0.3, -0.25) is 4.79 Å². The van der Waals surface area contributed by atoms with E-state index in [2.05, 4.69) is 5.73 Å². The molecule has 3 N–H and O–H groups in total. The molecule has 9 heavy (non-hydrogen) atoms. The Hall–Kier alpha value is -1.26. The minimum absolute atomic E-state index is 0.750. The quantitative estimate of drug-likeness (QED) is 0.466. The molecule has 0 fully saturated rings. The molecule has 5 heteroatoms. The molecule has 0 aliphatic rings. The number of carbonyl (C=O) groups is 2. The van der Waals surface area contributed by atoms with Crippen LogP contribution in [-0.4, -0.2) is 36.6 Å². The van der Waals surface area contributed by atoms with Crippen LogP contribution in [0.3, 0.4) is 0 Å². The van der Waals surface area contributed by atoms with Crippen molar-refractivity contribution in [3.05, 3.63) is 0 Å². The molecule has 0 unspecified atom stereocenters. The first-order valence-electron chi connectivity index (χ1n) is 2.10. The summed E-state index contributed by atoms with van der Waals surface area (Å²) in [7, 11) is 3.38. The lowest BCUT2D eigenvalue weighted by Gasteiger charge is -1.93. The number of nitrogens with zero attached hydrogens (tertiary/aromatic N) is 1. The van der Waals surface area contributed by atoms with Crippen molar-refractivity contribution in [3.63, 3.8) is 0 Å². The van der Waals surface area contributed by atoms with E-state index < -0.39 is 6.09 Å². The minimum atomic E-state index is -1.33. The highest BCUT2D eigenvalue weighted by atomic mass is 16.4. The van der Waals surface area contributed by atoms with Crippen molar-refractivity contribution >= 4 is 12.5 Å². The average molecular weight is 134 g/mol. The van der Waals surface area contributed by atoms with Gasteiger partial charge >= 0.3 is 6.09 Å². The second-order valence-corrected chi connectivity index (χ2v) is 1.41. The van der Waals surface area contributed by atoms with Gasteiger partial charge in [0.05, 0.1) is 0 Å². The molecule has 0 aromatic carbocycles. The normalized spacial score (nSPS) is 6.44. The Balaban J connectivity index is 0. The third-order valence-corrected chi connectivity index (χ3v) is 0.211. The topological polar surface area (TPSA) is 83.6 Å². The molecule has 0 aliphatic carbocycles. The minimum Gasteiger partial charge on any atom is -0.465 e. The largest absolute Gasteiger partial charge is 0.465 e. The van der Waals surface area contributed by atoms with Crippen molar-refractivity contribution in [2.75, 3.05) is 14.1 Å². The first-order valence-corrected chi connectivity index (χ1v) is 2.10. The second-order valence-electron chi connectivity index (χ2n) is 1.41. The summed E-state index contributed by atoms with van der Waals surface area (Å²) in [5.74, 6) is 0. The maximum absolute atomic E-state index is 9.43. The number of carbonyl (C=O) groups excluding carboxylic acids is 1. The van der Waals surface area contributed by atoms with Gasteiger partial charge in [-0.1, -0.05) is 0 Å². The first-order chi connectivity index (χ1) is 4.00. The summed E-state index contributed by atoms with van der Waals surface area (Å²) in [6, 6.07) is 0. The Kier molecular flexibility index (Phi) is 7.99. The van der Waals surface area contributed by atoms with Gasteiger partial charge in [-0.25, -0.2) is 4.79 Å². The summed E-state index contributed by atoms with van der Waals surface area (Å²) in [6.45, 7) is 0. The number of hydrogen-bond donors (Lipinski definition) is 2. The average Bonchev–Trinajstić information content (AvgIpc) is 1.65. The van der Waals surface area contributed by atoms with Gasteiger partial charge in [-0.2, -0.15) is 0 Å². The van der Waals surface area contributed by atoms with E-state index in [0.29, 0.717) is 0 Å². The summed E-state index contributed by atoms with van der Waals surface area (Å²) in [5.41, 5.74) is 4.03. The van der Waals surface area contributed by atoms with Crippen molar-refractivity contribution < 1.29 is 14.7 Å². The monoisotopic (exact) mass is 134 g/mol. The summed E-state index contributed by atoms with van der Waals surface area (Å²) in [5, 5.41) is 7.19. The zero-order valence-corrected chi connectivity index (χ0v) is 5.37. The van der Waals surface area contributed by atoms with Crippen LogP contribution in [-0.2, 0) is 4.79 Å². The fraction of sp³-hybridized carbons (Fsp3) is 0.500. The number of rotatable bonds is 1. The van der Waals surface area contributed by atoms with Crippen LogP contribution in [0.15, 0.2) is 0 Å². The predicted molar refractivity (Wildman–Crippen MR) is 32.0 cm³/mol. The molecular formula is C4H10N2O3. The van der Waals surface area contributed by atoms with E-state index in [1.54, 1.807) is 14.1 Å². The van der Waals surface area contributed by atoms with E-state index >= 15 is 0 Å². The van der Waals surface area contributed by atoms with Crippen LogP contribution in [0.25, 0.3) is 0 Å². The molecular weight excluding hydrogens is 124 g/mol. The molecule has 0 atom stereocenters. The van der Waals surface area contributed by atoms with Gasteiger partial charge < -0.3 is 15.7 Å². The fourth-order valence-corrected chi connectivity index (χ4v) is 0. The number of primary amides is 1. The maximum Gasteiger partial charge on any atom is 0.402 e. The molecule has 0 aromatic heterocycles. The van der Waals surface area contributed by atoms with E-state index in [9.17, 15) is 4.79 Å². The summed E-state index contributed by atoms with van der Waals surface area (Å²) < 4.78 is 0. The Labute approximate surface area is 53.1 Å².